The van der Waals surface area contributed by atoms with Crippen molar-refractivity contribution in [3.8, 4) is 5.75 Å². The minimum absolute atomic E-state index is 0.194. The molecule has 0 heterocycles. The molecule has 3 N–H and O–H groups in total. The molecule has 0 aliphatic carbocycles. The summed E-state index contributed by atoms with van der Waals surface area (Å²) in [6, 6.07) is 16.1. The summed E-state index contributed by atoms with van der Waals surface area (Å²) < 4.78 is 5.19. The molecule has 2 aromatic rings. The highest BCUT2D eigenvalue weighted by Crippen LogP contribution is 2.11. The lowest BCUT2D eigenvalue weighted by Crippen LogP contribution is -3.09. The van der Waals surface area contributed by atoms with Gasteiger partial charge in [0.15, 0.2) is 6.54 Å². The quantitative estimate of drug-likeness (QED) is 0.742. The Morgan fingerprint density at radius 1 is 1.08 bits per heavy atom. The molecule has 6 nitrogen and oxygen atoms in total. The second kappa shape index (κ2) is 8.69. The molecule has 0 radical (unpaired) electrons. The second-order valence-corrected chi connectivity index (χ2v) is 5.53. The van der Waals surface area contributed by atoms with Gasteiger partial charge in [0.05, 0.1) is 14.2 Å². The Bertz CT molecular complexity index is 689. The van der Waals surface area contributed by atoms with Gasteiger partial charge < -0.3 is 15.0 Å². The SMILES string of the molecule is COc1cccc(C[NH+](C)CC(=O)NC(=O)Nc2ccccc2)c1. The molecule has 0 bridgehead atoms. The molecule has 0 aliphatic heterocycles. The van der Waals surface area contributed by atoms with E-state index < -0.39 is 6.03 Å². The standard InChI is InChI=1S/C18H21N3O3/c1-21(12-14-7-6-10-16(11-14)24-2)13-17(22)20-18(23)19-15-8-4-3-5-9-15/h3-11H,12-13H2,1-2H3,(H2,19,20,22,23)/p+1. The van der Waals surface area contributed by atoms with Crippen LogP contribution in [0.25, 0.3) is 0 Å². The van der Waals surface area contributed by atoms with Gasteiger partial charge in [0.1, 0.15) is 12.3 Å². The number of benzene rings is 2. The van der Waals surface area contributed by atoms with Crippen LogP contribution < -0.4 is 20.3 Å². The molecule has 2 aromatic carbocycles. The van der Waals surface area contributed by atoms with Gasteiger partial charge in [-0.05, 0) is 24.3 Å². The average Bonchev–Trinajstić information content (AvgIpc) is 2.55. The predicted molar refractivity (Wildman–Crippen MR) is 92.1 cm³/mol. The number of amides is 3. The van der Waals surface area contributed by atoms with E-state index in [2.05, 4.69) is 10.6 Å². The summed E-state index contributed by atoms with van der Waals surface area (Å²) in [4.78, 5) is 24.7. The Labute approximate surface area is 141 Å². The van der Waals surface area contributed by atoms with E-state index in [1.54, 1.807) is 19.2 Å². The van der Waals surface area contributed by atoms with Gasteiger partial charge in [0.25, 0.3) is 5.91 Å². The van der Waals surface area contributed by atoms with Crippen LogP contribution in [0.15, 0.2) is 54.6 Å². The van der Waals surface area contributed by atoms with E-state index in [0.717, 1.165) is 16.2 Å². The lowest BCUT2D eigenvalue weighted by atomic mass is 10.2. The van der Waals surface area contributed by atoms with Crippen molar-refractivity contribution in [2.45, 2.75) is 6.54 Å². The van der Waals surface area contributed by atoms with Gasteiger partial charge in [-0.2, -0.15) is 0 Å². The number of quaternary nitrogens is 1. The van der Waals surface area contributed by atoms with Crippen LogP contribution in [0.2, 0.25) is 0 Å². The number of nitrogens with one attached hydrogen (secondary N) is 3. The molecular formula is C18H22N3O3+. The molecule has 0 fully saturated rings. The van der Waals surface area contributed by atoms with Gasteiger partial charge in [0, 0.05) is 11.3 Å². The van der Waals surface area contributed by atoms with Crippen molar-refractivity contribution in [2.24, 2.45) is 0 Å². The smallest absolute Gasteiger partial charge is 0.326 e. The lowest BCUT2D eigenvalue weighted by molar-refractivity contribution is -0.885. The van der Waals surface area contributed by atoms with Crippen LogP contribution in [-0.2, 0) is 11.3 Å². The normalized spacial score (nSPS) is 11.4. The van der Waals surface area contributed by atoms with Crippen LogP contribution in [-0.4, -0.2) is 32.6 Å². The molecular weight excluding hydrogens is 306 g/mol. The Morgan fingerprint density at radius 2 is 1.83 bits per heavy atom. The number of hydrogen-bond donors (Lipinski definition) is 3. The molecule has 6 heteroatoms. The molecule has 0 spiro atoms. The number of anilines is 1. The molecule has 2 rings (SSSR count). The summed E-state index contributed by atoms with van der Waals surface area (Å²) in [5.74, 6) is 0.454. The molecule has 3 amide bonds. The van der Waals surface area contributed by atoms with Crippen LogP contribution in [0.5, 0.6) is 5.75 Å². The molecule has 0 saturated carbocycles. The van der Waals surface area contributed by atoms with Crippen LogP contribution in [0, 0.1) is 0 Å². The number of likely N-dealkylation sites (N-methyl/N-ethyl adjacent to an activating group) is 1. The Balaban J connectivity index is 1.79. The summed E-state index contributed by atoms with van der Waals surface area (Å²) >= 11 is 0. The van der Waals surface area contributed by atoms with E-state index in [1.807, 2.05) is 49.5 Å². The number of carbonyl (C=O) groups is 2. The van der Waals surface area contributed by atoms with E-state index in [4.69, 9.17) is 4.74 Å². The Morgan fingerprint density at radius 3 is 2.54 bits per heavy atom. The van der Waals surface area contributed by atoms with Crippen molar-refractivity contribution >= 4 is 17.6 Å². The molecule has 1 atom stereocenters. The first-order chi connectivity index (χ1) is 11.6. The zero-order valence-electron chi connectivity index (χ0n) is 13.8. The first-order valence-corrected chi connectivity index (χ1v) is 7.67. The van der Waals surface area contributed by atoms with Crippen molar-refractivity contribution in [1.82, 2.24) is 5.32 Å². The molecule has 1 unspecified atom stereocenters. The van der Waals surface area contributed by atoms with Crippen LogP contribution in [0.3, 0.4) is 0 Å². The molecule has 0 aliphatic rings. The van der Waals surface area contributed by atoms with Crippen LogP contribution in [0.4, 0.5) is 10.5 Å². The van der Waals surface area contributed by atoms with Crippen molar-refractivity contribution in [3.05, 3.63) is 60.2 Å². The number of carbonyl (C=O) groups excluding carboxylic acids is 2. The van der Waals surface area contributed by atoms with Gasteiger partial charge in [-0.1, -0.05) is 30.3 Å². The molecule has 0 saturated heterocycles. The lowest BCUT2D eigenvalue weighted by Gasteiger charge is -2.14. The maximum Gasteiger partial charge on any atom is 0.326 e. The first-order valence-electron chi connectivity index (χ1n) is 7.67. The number of urea groups is 1. The van der Waals surface area contributed by atoms with Crippen LogP contribution in [0.1, 0.15) is 5.56 Å². The fraction of sp³-hybridized carbons (Fsp3) is 0.222. The van der Waals surface area contributed by atoms with Gasteiger partial charge in [-0.15, -0.1) is 0 Å². The zero-order valence-corrected chi connectivity index (χ0v) is 13.8. The Hall–Kier alpha value is -2.86. The van der Waals surface area contributed by atoms with Gasteiger partial charge >= 0.3 is 6.03 Å². The number of ether oxygens (including phenoxy) is 1. The summed E-state index contributed by atoms with van der Waals surface area (Å²) in [5, 5.41) is 4.95. The van der Waals surface area contributed by atoms with Crippen molar-refractivity contribution < 1.29 is 19.2 Å². The Kier molecular flexibility index (Phi) is 6.33. The maximum atomic E-state index is 11.9. The van der Waals surface area contributed by atoms with E-state index >= 15 is 0 Å². The van der Waals surface area contributed by atoms with E-state index in [0.29, 0.717) is 12.2 Å². The topological polar surface area (TPSA) is 71.9 Å². The minimum atomic E-state index is -0.527. The van der Waals surface area contributed by atoms with Gasteiger partial charge in [-0.3, -0.25) is 10.1 Å². The minimum Gasteiger partial charge on any atom is -0.497 e. The third kappa shape index (κ3) is 5.73. The molecule has 24 heavy (non-hydrogen) atoms. The van der Waals surface area contributed by atoms with Crippen molar-refractivity contribution in [3.63, 3.8) is 0 Å². The van der Waals surface area contributed by atoms with E-state index in [9.17, 15) is 9.59 Å². The average molecular weight is 328 g/mol. The third-order valence-electron chi connectivity index (χ3n) is 3.39. The largest absolute Gasteiger partial charge is 0.497 e. The molecule has 126 valence electrons. The monoisotopic (exact) mass is 328 g/mol. The molecule has 0 aromatic heterocycles. The van der Waals surface area contributed by atoms with E-state index in [-0.39, 0.29) is 12.5 Å². The van der Waals surface area contributed by atoms with Crippen molar-refractivity contribution in [1.29, 1.82) is 0 Å². The highest BCUT2D eigenvalue weighted by molar-refractivity contribution is 6.01. The summed E-state index contributed by atoms with van der Waals surface area (Å²) in [6.07, 6.45) is 0. The number of hydrogen-bond acceptors (Lipinski definition) is 3. The van der Waals surface area contributed by atoms with Crippen molar-refractivity contribution in [2.75, 3.05) is 26.0 Å². The highest BCUT2D eigenvalue weighted by Gasteiger charge is 2.14. The second-order valence-electron chi connectivity index (χ2n) is 5.53. The number of para-hydroxylation sites is 1. The maximum absolute atomic E-state index is 11.9. The summed E-state index contributed by atoms with van der Waals surface area (Å²) in [7, 11) is 3.52. The fourth-order valence-electron chi connectivity index (χ4n) is 2.32. The van der Waals surface area contributed by atoms with Gasteiger partial charge in [0.2, 0.25) is 0 Å². The summed E-state index contributed by atoms with van der Waals surface area (Å²) in [5.41, 5.74) is 1.70. The number of imide groups is 1. The summed E-state index contributed by atoms with van der Waals surface area (Å²) in [6.45, 7) is 0.852. The van der Waals surface area contributed by atoms with Gasteiger partial charge in [-0.25, -0.2) is 4.79 Å². The van der Waals surface area contributed by atoms with Crippen LogP contribution >= 0.6 is 0 Å². The predicted octanol–water partition coefficient (Wildman–Crippen LogP) is 1.06. The van der Waals surface area contributed by atoms with E-state index in [1.165, 1.54) is 0 Å². The number of methoxy groups -OCH3 is 1. The highest BCUT2D eigenvalue weighted by atomic mass is 16.5. The zero-order chi connectivity index (χ0) is 17.4. The fourth-order valence-corrected chi connectivity index (χ4v) is 2.32. The first kappa shape index (κ1) is 17.5. The third-order valence-corrected chi connectivity index (χ3v) is 3.39. The number of rotatable bonds is 6.